The zero-order chi connectivity index (χ0) is 16.3. The highest BCUT2D eigenvalue weighted by Gasteiger charge is 2.14. The number of carbonyl (C=O) groups excluding carboxylic acids is 1. The summed E-state index contributed by atoms with van der Waals surface area (Å²) < 4.78 is 43.0. The Hall–Kier alpha value is -1.67. The molecule has 0 bridgehead atoms. The van der Waals surface area contributed by atoms with Crippen LogP contribution in [0.25, 0.3) is 0 Å². The van der Waals surface area contributed by atoms with Crippen LogP contribution >= 0.6 is 0 Å². The smallest absolute Gasteiger partial charge is 0.250 e. The number of hydrogen-bond acceptors (Lipinski definition) is 4. The molecule has 0 aliphatic rings. The van der Waals surface area contributed by atoms with Crippen LogP contribution in [0.5, 0.6) is 0 Å². The molecule has 8 heteroatoms. The number of nitrogens with one attached hydrogen (secondary N) is 2. The molecule has 0 aromatic heterocycles. The summed E-state index contributed by atoms with van der Waals surface area (Å²) in [5, 5.41) is 2.50. The van der Waals surface area contributed by atoms with Crippen LogP contribution < -0.4 is 10.0 Å². The Labute approximate surface area is 123 Å². The third-order valence-corrected chi connectivity index (χ3v) is 2.77. The van der Waals surface area contributed by atoms with Gasteiger partial charge in [0.1, 0.15) is 12.4 Å². The maximum atomic E-state index is 13.5. The van der Waals surface area contributed by atoms with E-state index in [4.69, 9.17) is 4.74 Å². The average Bonchev–Trinajstić information content (AvgIpc) is 2.28. The zero-order valence-corrected chi connectivity index (χ0v) is 13.2. The van der Waals surface area contributed by atoms with Crippen molar-refractivity contribution in [2.75, 3.05) is 22.9 Å². The fraction of sp³-hybridized carbons (Fsp3) is 0.462. The van der Waals surface area contributed by atoms with Crippen molar-refractivity contribution in [3.05, 3.63) is 24.0 Å². The number of sulfonamides is 1. The largest absolute Gasteiger partial charge is 0.366 e. The first-order valence-corrected chi connectivity index (χ1v) is 8.06. The van der Waals surface area contributed by atoms with E-state index in [-0.39, 0.29) is 18.0 Å². The van der Waals surface area contributed by atoms with Crippen LogP contribution in [0, 0.1) is 5.82 Å². The van der Waals surface area contributed by atoms with E-state index in [0.29, 0.717) is 0 Å². The SMILES string of the molecule is CC(C)(C)OCC(=O)Nc1ccc(F)c(NS(C)(=O)=O)c1. The minimum absolute atomic E-state index is 0.157. The van der Waals surface area contributed by atoms with Gasteiger partial charge in [-0.2, -0.15) is 0 Å². The fourth-order valence-corrected chi connectivity index (χ4v) is 1.92. The van der Waals surface area contributed by atoms with E-state index in [9.17, 15) is 17.6 Å². The molecular formula is C13H19FN2O4S. The summed E-state index contributed by atoms with van der Waals surface area (Å²) in [6.45, 7) is 5.28. The van der Waals surface area contributed by atoms with Gasteiger partial charge in [-0.25, -0.2) is 12.8 Å². The van der Waals surface area contributed by atoms with E-state index < -0.39 is 27.3 Å². The highest BCUT2D eigenvalue weighted by Crippen LogP contribution is 2.20. The number of benzene rings is 1. The van der Waals surface area contributed by atoms with Gasteiger partial charge in [0.05, 0.1) is 17.5 Å². The third-order valence-electron chi connectivity index (χ3n) is 2.18. The van der Waals surface area contributed by atoms with E-state index in [1.807, 2.05) is 25.5 Å². The summed E-state index contributed by atoms with van der Waals surface area (Å²) >= 11 is 0. The molecule has 1 rings (SSSR count). The van der Waals surface area contributed by atoms with Gasteiger partial charge < -0.3 is 10.1 Å². The summed E-state index contributed by atoms with van der Waals surface area (Å²) in [5.74, 6) is -1.15. The molecule has 0 aliphatic heterocycles. The van der Waals surface area contributed by atoms with E-state index in [0.717, 1.165) is 12.3 Å². The normalized spacial score (nSPS) is 12.0. The summed E-state index contributed by atoms with van der Waals surface area (Å²) in [7, 11) is -3.60. The van der Waals surface area contributed by atoms with Crippen molar-refractivity contribution in [3.63, 3.8) is 0 Å². The first-order chi connectivity index (χ1) is 9.46. The molecule has 118 valence electrons. The molecular weight excluding hydrogens is 299 g/mol. The van der Waals surface area contributed by atoms with Crippen LogP contribution in [0.2, 0.25) is 0 Å². The van der Waals surface area contributed by atoms with Crippen LogP contribution in [0.3, 0.4) is 0 Å². The minimum atomic E-state index is -3.60. The van der Waals surface area contributed by atoms with Crippen molar-refractivity contribution in [1.82, 2.24) is 0 Å². The lowest BCUT2D eigenvalue weighted by molar-refractivity contribution is -0.125. The number of carbonyl (C=O) groups is 1. The average molecular weight is 318 g/mol. The van der Waals surface area contributed by atoms with Crippen molar-refractivity contribution >= 4 is 27.3 Å². The minimum Gasteiger partial charge on any atom is -0.366 e. The van der Waals surface area contributed by atoms with E-state index >= 15 is 0 Å². The van der Waals surface area contributed by atoms with Crippen molar-refractivity contribution in [2.24, 2.45) is 0 Å². The Morgan fingerprint density at radius 2 is 1.95 bits per heavy atom. The first kappa shape index (κ1) is 17.4. The van der Waals surface area contributed by atoms with E-state index in [1.165, 1.54) is 12.1 Å². The fourth-order valence-electron chi connectivity index (χ4n) is 1.36. The summed E-state index contributed by atoms with van der Waals surface area (Å²) in [5.41, 5.74) is -0.416. The number of halogens is 1. The predicted molar refractivity (Wildman–Crippen MR) is 79.2 cm³/mol. The Morgan fingerprint density at radius 1 is 1.33 bits per heavy atom. The van der Waals surface area contributed by atoms with Crippen LogP contribution in [-0.4, -0.2) is 32.8 Å². The number of hydrogen-bond donors (Lipinski definition) is 2. The molecule has 0 aliphatic carbocycles. The molecule has 0 atom stereocenters. The first-order valence-electron chi connectivity index (χ1n) is 6.17. The van der Waals surface area contributed by atoms with Crippen molar-refractivity contribution in [3.8, 4) is 0 Å². The molecule has 0 spiro atoms. The molecule has 0 saturated carbocycles. The molecule has 0 unspecified atom stereocenters. The topological polar surface area (TPSA) is 84.5 Å². The number of anilines is 2. The van der Waals surface area contributed by atoms with Gasteiger partial charge in [-0.15, -0.1) is 0 Å². The number of ether oxygens (including phenoxy) is 1. The molecule has 0 fully saturated rings. The molecule has 1 aromatic carbocycles. The monoisotopic (exact) mass is 318 g/mol. The second-order valence-electron chi connectivity index (χ2n) is 5.52. The van der Waals surface area contributed by atoms with Gasteiger partial charge in [-0.1, -0.05) is 0 Å². The van der Waals surface area contributed by atoms with Crippen molar-refractivity contribution in [1.29, 1.82) is 0 Å². The highest BCUT2D eigenvalue weighted by molar-refractivity contribution is 7.92. The van der Waals surface area contributed by atoms with Crippen molar-refractivity contribution < 1.29 is 22.3 Å². The van der Waals surface area contributed by atoms with Crippen LogP contribution in [0.1, 0.15) is 20.8 Å². The molecule has 1 amide bonds. The molecule has 0 saturated heterocycles. The number of amides is 1. The quantitative estimate of drug-likeness (QED) is 0.869. The van der Waals surface area contributed by atoms with Gasteiger partial charge in [0, 0.05) is 5.69 Å². The Balaban J connectivity index is 2.76. The molecule has 1 aromatic rings. The van der Waals surface area contributed by atoms with Gasteiger partial charge in [-0.05, 0) is 39.0 Å². The Morgan fingerprint density at radius 3 is 2.48 bits per heavy atom. The van der Waals surface area contributed by atoms with E-state index in [1.54, 1.807) is 0 Å². The maximum absolute atomic E-state index is 13.5. The van der Waals surface area contributed by atoms with Gasteiger partial charge in [-0.3, -0.25) is 9.52 Å². The van der Waals surface area contributed by atoms with Gasteiger partial charge >= 0.3 is 0 Å². The lowest BCUT2D eigenvalue weighted by Gasteiger charge is -2.19. The van der Waals surface area contributed by atoms with Gasteiger partial charge in [0.25, 0.3) is 0 Å². The Bertz CT molecular complexity index is 624. The lowest BCUT2D eigenvalue weighted by Crippen LogP contribution is -2.27. The van der Waals surface area contributed by atoms with Crippen LogP contribution in [0.4, 0.5) is 15.8 Å². The van der Waals surface area contributed by atoms with Crippen LogP contribution in [-0.2, 0) is 19.6 Å². The van der Waals surface area contributed by atoms with Crippen molar-refractivity contribution in [2.45, 2.75) is 26.4 Å². The highest BCUT2D eigenvalue weighted by atomic mass is 32.2. The predicted octanol–water partition coefficient (Wildman–Crippen LogP) is 1.95. The standard InChI is InChI=1S/C13H19FN2O4S/c1-13(2,3)20-8-12(17)15-9-5-6-10(14)11(7-9)16-21(4,18)19/h5-7,16H,8H2,1-4H3,(H,15,17). The zero-order valence-electron chi connectivity index (χ0n) is 12.4. The molecule has 21 heavy (non-hydrogen) atoms. The maximum Gasteiger partial charge on any atom is 0.250 e. The Kier molecular flexibility index (Phi) is 5.30. The third kappa shape index (κ3) is 7.05. The second-order valence-corrected chi connectivity index (χ2v) is 7.27. The molecule has 6 nitrogen and oxygen atoms in total. The molecule has 2 N–H and O–H groups in total. The second kappa shape index (κ2) is 6.40. The summed E-state index contributed by atoms with van der Waals surface area (Å²) in [6, 6.07) is 3.59. The van der Waals surface area contributed by atoms with Crippen LogP contribution in [0.15, 0.2) is 18.2 Å². The molecule has 0 heterocycles. The summed E-state index contributed by atoms with van der Waals surface area (Å²) in [4.78, 5) is 11.7. The summed E-state index contributed by atoms with van der Waals surface area (Å²) in [6.07, 6.45) is 0.912. The lowest BCUT2D eigenvalue weighted by atomic mass is 10.2. The van der Waals surface area contributed by atoms with Gasteiger partial charge in [0.2, 0.25) is 15.9 Å². The van der Waals surface area contributed by atoms with E-state index in [2.05, 4.69) is 5.32 Å². The van der Waals surface area contributed by atoms with Gasteiger partial charge in [0.15, 0.2) is 0 Å². The number of rotatable bonds is 5. The molecule has 0 radical (unpaired) electrons.